The Balaban J connectivity index is 1.39. The molecule has 2 aromatic rings. The Morgan fingerprint density at radius 1 is 1.09 bits per heavy atom. The molecular formula is C24H28ClN3O4. The van der Waals surface area contributed by atoms with Crippen LogP contribution >= 0.6 is 11.6 Å². The average Bonchev–Trinajstić information content (AvgIpc) is 2.79. The first-order valence-electron chi connectivity index (χ1n) is 10.8. The molecule has 8 heteroatoms. The molecule has 0 spiro atoms. The molecule has 2 aromatic carbocycles. The second-order valence-electron chi connectivity index (χ2n) is 8.47. The summed E-state index contributed by atoms with van der Waals surface area (Å²) in [6.45, 7) is 6.47. The summed E-state index contributed by atoms with van der Waals surface area (Å²) in [6, 6.07) is 13.1. The maximum atomic E-state index is 13.0. The monoisotopic (exact) mass is 457 g/mol. The van der Waals surface area contributed by atoms with E-state index >= 15 is 0 Å². The highest BCUT2D eigenvalue weighted by Crippen LogP contribution is 2.39. The number of carbonyl (C=O) groups excluding carboxylic acids is 2. The molecule has 2 amide bonds. The number of fused-ring (bicyclic) bond motifs is 1. The molecule has 7 nitrogen and oxygen atoms in total. The Hall–Kier alpha value is -2.93. The molecule has 0 bridgehead atoms. The zero-order chi connectivity index (χ0) is 22.9. The Morgan fingerprint density at radius 3 is 2.53 bits per heavy atom. The number of nitrogens with zero attached hydrogens (tertiary/aromatic N) is 3. The van der Waals surface area contributed by atoms with E-state index in [9.17, 15) is 9.59 Å². The van der Waals surface area contributed by atoms with Gasteiger partial charge in [0.1, 0.15) is 11.5 Å². The molecule has 0 radical (unpaired) electrons. The second kappa shape index (κ2) is 8.90. The molecule has 1 fully saturated rings. The number of amides is 2. The average molecular weight is 458 g/mol. The van der Waals surface area contributed by atoms with Crippen molar-refractivity contribution in [3.05, 3.63) is 47.5 Å². The van der Waals surface area contributed by atoms with Crippen LogP contribution in [0.15, 0.2) is 42.5 Å². The fourth-order valence-corrected chi connectivity index (χ4v) is 4.38. The molecule has 0 atom stereocenters. The Bertz CT molecular complexity index is 1020. The molecule has 4 rings (SSSR count). The summed E-state index contributed by atoms with van der Waals surface area (Å²) in [4.78, 5) is 31.6. The molecule has 32 heavy (non-hydrogen) atoms. The minimum atomic E-state index is -0.996. The molecule has 2 aliphatic heterocycles. The number of anilines is 2. The first-order valence-corrected chi connectivity index (χ1v) is 11.1. The van der Waals surface area contributed by atoms with E-state index in [1.807, 2.05) is 29.2 Å². The third kappa shape index (κ3) is 4.35. The number of piperazine rings is 1. The minimum Gasteiger partial charge on any atom is -0.495 e. The number of halogens is 1. The molecule has 170 valence electrons. The highest BCUT2D eigenvalue weighted by molar-refractivity contribution is 6.31. The fourth-order valence-electron chi connectivity index (χ4n) is 4.22. The highest BCUT2D eigenvalue weighted by Gasteiger charge is 2.41. The summed E-state index contributed by atoms with van der Waals surface area (Å²) in [5, 5.41) is 0.517. The molecular weight excluding hydrogens is 430 g/mol. The van der Waals surface area contributed by atoms with Crippen LogP contribution in [0.5, 0.6) is 11.5 Å². The quantitative estimate of drug-likeness (QED) is 0.686. The van der Waals surface area contributed by atoms with Gasteiger partial charge in [0.15, 0.2) is 5.60 Å². The van der Waals surface area contributed by atoms with Crippen LogP contribution in [0.25, 0.3) is 0 Å². The Morgan fingerprint density at radius 2 is 1.81 bits per heavy atom. The lowest BCUT2D eigenvalue weighted by atomic mass is 10.0. The SMILES string of the molecule is COc1ccccc1N1CCN(C(=O)CCN2C(=O)C(C)(C)Oc3ccc(Cl)cc32)CC1. The van der Waals surface area contributed by atoms with Gasteiger partial charge in [-0.3, -0.25) is 9.59 Å². The van der Waals surface area contributed by atoms with E-state index in [0.29, 0.717) is 29.5 Å². The van der Waals surface area contributed by atoms with Crippen LogP contribution in [0.3, 0.4) is 0 Å². The molecule has 1 saturated heterocycles. The lowest BCUT2D eigenvalue weighted by Crippen LogP contribution is -2.54. The lowest BCUT2D eigenvalue weighted by Gasteiger charge is -2.39. The number of carbonyl (C=O) groups is 2. The van der Waals surface area contributed by atoms with Crippen molar-refractivity contribution < 1.29 is 19.1 Å². The number of hydrogen-bond donors (Lipinski definition) is 0. The molecule has 0 saturated carbocycles. The number of ether oxygens (including phenoxy) is 2. The van der Waals surface area contributed by atoms with Gasteiger partial charge in [-0.1, -0.05) is 23.7 Å². The van der Waals surface area contributed by atoms with Crippen LogP contribution in [-0.4, -0.2) is 62.1 Å². The van der Waals surface area contributed by atoms with Gasteiger partial charge in [-0.25, -0.2) is 0 Å². The zero-order valence-electron chi connectivity index (χ0n) is 18.6. The molecule has 2 aliphatic rings. The van der Waals surface area contributed by atoms with Gasteiger partial charge in [-0.05, 0) is 44.2 Å². The van der Waals surface area contributed by atoms with Crippen LogP contribution in [0, 0.1) is 0 Å². The molecule has 2 heterocycles. The summed E-state index contributed by atoms with van der Waals surface area (Å²) < 4.78 is 11.3. The minimum absolute atomic E-state index is 0.0327. The van der Waals surface area contributed by atoms with Crippen LogP contribution in [0.4, 0.5) is 11.4 Å². The van der Waals surface area contributed by atoms with E-state index in [-0.39, 0.29) is 24.8 Å². The third-order valence-electron chi connectivity index (χ3n) is 5.94. The van der Waals surface area contributed by atoms with E-state index < -0.39 is 5.60 Å². The van der Waals surface area contributed by atoms with Crippen molar-refractivity contribution in [3.8, 4) is 11.5 Å². The number of methoxy groups -OCH3 is 1. The number of rotatable bonds is 5. The van der Waals surface area contributed by atoms with Crippen molar-refractivity contribution in [1.29, 1.82) is 0 Å². The summed E-state index contributed by atoms with van der Waals surface area (Å²) >= 11 is 6.15. The highest BCUT2D eigenvalue weighted by atomic mass is 35.5. The summed E-state index contributed by atoms with van der Waals surface area (Å²) in [5.74, 6) is 1.28. The Labute approximate surface area is 193 Å². The van der Waals surface area contributed by atoms with Crippen molar-refractivity contribution in [2.75, 3.05) is 49.6 Å². The van der Waals surface area contributed by atoms with Gasteiger partial charge >= 0.3 is 0 Å². The predicted molar refractivity (Wildman–Crippen MR) is 125 cm³/mol. The van der Waals surface area contributed by atoms with Gasteiger partial charge in [-0.15, -0.1) is 0 Å². The topological polar surface area (TPSA) is 62.3 Å². The van der Waals surface area contributed by atoms with E-state index in [4.69, 9.17) is 21.1 Å². The molecule has 0 N–H and O–H groups in total. The standard InChI is InChI=1S/C24H28ClN3O4/c1-24(2)23(30)28(19-16-17(25)8-9-21(19)32-24)11-10-22(29)27-14-12-26(13-15-27)18-6-4-5-7-20(18)31-3/h4-9,16H,10-15H2,1-3H3. The lowest BCUT2D eigenvalue weighted by molar-refractivity contribution is -0.133. The van der Waals surface area contributed by atoms with Gasteiger partial charge in [0.2, 0.25) is 5.91 Å². The molecule has 0 aliphatic carbocycles. The van der Waals surface area contributed by atoms with Crippen molar-refractivity contribution in [2.24, 2.45) is 0 Å². The maximum absolute atomic E-state index is 13.0. The molecule has 0 aromatic heterocycles. The predicted octanol–water partition coefficient (Wildman–Crippen LogP) is 3.59. The third-order valence-corrected chi connectivity index (χ3v) is 6.18. The Kier molecular flexibility index (Phi) is 6.20. The van der Waals surface area contributed by atoms with Crippen LogP contribution < -0.4 is 19.3 Å². The number of para-hydroxylation sites is 2. The van der Waals surface area contributed by atoms with Crippen LogP contribution in [0.1, 0.15) is 20.3 Å². The summed E-state index contributed by atoms with van der Waals surface area (Å²) in [7, 11) is 1.66. The smallest absolute Gasteiger partial charge is 0.270 e. The first-order chi connectivity index (χ1) is 15.3. The van der Waals surface area contributed by atoms with E-state index in [1.165, 1.54) is 0 Å². The first kappa shape index (κ1) is 22.3. The van der Waals surface area contributed by atoms with Crippen LogP contribution in [0.2, 0.25) is 5.02 Å². The maximum Gasteiger partial charge on any atom is 0.270 e. The largest absolute Gasteiger partial charge is 0.495 e. The number of hydrogen-bond acceptors (Lipinski definition) is 5. The van der Waals surface area contributed by atoms with Gasteiger partial charge in [0.25, 0.3) is 5.91 Å². The van der Waals surface area contributed by atoms with E-state index in [2.05, 4.69) is 4.90 Å². The second-order valence-corrected chi connectivity index (χ2v) is 8.91. The van der Waals surface area contributed by atoms with Crippen molar-refractivity contribution in [1.82, 2.24) is 4.90 Å². The van der Waals surface area contributed by atoms with Gasteiger partial charge in [0, 0.05) is 44.2 Å². The van der Waals surface area contributed by atoms with E-state index in [0.717, 1.165) is 24.5 Å². The van der Waals surface area contributed by atoms with Gasteiger partial charge in [0.05, 0.1) is 18.5 Å². The summed E-state index contributed by atoms with van der Waals surface area (Å²) in [5.41, 5.74) is 0.650. The van der Waals surface area contributed by atoms with E-state index in [1.54, 1.807) is 44.1 Å². The van der Waals surface area contributed by atoms with Crippen molar-refractivity contribution in [3.63, 3.8) is 0 Å². The molecule has 0 unspecified atom stereocenters. The van der Waals surface area contributed by atoms with Crippen molar-refractivity contribution in [2.45, 2.75) is 25.9 Å². The number of benzene rings is 2. The zero-order valence-corrected chi connectivity index (χ0v) is 19.4. The summed E-state index contributed by atoms with van der Waals surface area (Å²) in [6.07, 6.45) is 0.239. The van der Waals surface area contributed by atoms with Crippen LogP contribution in [-0.2, 0) is 9.59 Å². The van der Waals surface area contributed by atoms with Gasteiger partial charge in [-0.2, -0.15) is 0 Å². The normalized spacial score (nSPS) is 17.6. The van der Waals surface area contributed by atoms with Gasteiger partial charge < -0.3 is 24.2 Å². The van der Waals surface area contributed by atoms with Crippen molar-refractivity contribution >= 4 is 34.8 Å². The fraction of sp³-hybridized carbons (Fsp3) is 0.417.